The average molecular weight is 280 g/mol. The van der Waals surface area contributed by atoms with Gasteiger partial charge in [0.15, 0.2) is 0 Å². The second-order valence-electron chi connectivity index (χ2n) is 3.85. The van der Waals surface area contributed by atoms with Crippen LogP contribution in [0, 0.1) is 0 Å². The van der Waals surface area contributed by atoms with Crippen LogP contribution in [0.2, 0.25) is 0 Å². The Morgan fingerprint density at radius 3 is 2.22 bits per heavy atom. The van der Waals surface area contributed by atoms with Crippen molar-refractivity contribution < 1.29 is 14.3 Å². The van der Waals surface area contributed by atoms with Crippen molar-refractivity contribution in [3.05, 3.63) is 65.7 Å². The molecule has 0 amide bonds. The fourth-order valence-corrected chi connectivity index (χ4v) is 2.36. The van der Waals surface area contributed by atoms with Gasteiger partial charge in [0.25, 0.3) is 0 Å². The fraction of sp³-hybridized carbons (Fsp3) is 0.0769. The zero-order valence-electron chi connectivity index (χ0n) is 9.56. The van der Waals surface area contributed by atoms with Crippen LogP contribution in [0.3, 0.4) is 0 Å². The standard InChI is InChI=1S/C13H13O3PS/c14-17(15,18)16-13-9-5-4-8-12(13)10-11-6-2-1-3-7-11/h1-9H,10H2,(H2,14,15,18). The molecule has 0 bridgehead atoms. The van der Waals surface area contributed by atoms with E-state index in [1.165, 1.54) is 0 Å². The Hall–Kier alpha value is -1.19. The second-order valence-corrected chi connectivity index (χ2v) is 6.44. The van der Waals surface area contributed by atoms with Gasteiger partial charge in [-0.1, -0.05) is 48.5 Å². The summed E-state index contributed by atoms with van der Waals surface area (Å²) >= 11 is 4.49. The van der Waals surface area contributed by atoms with Crippen molar-refractivity contribution >= 4 is 18.5 Å². The predicted octanol–water partition coefficient (Wildman–Crippen LogP) is 2.87. The molecule has 0 aromatic heterocycles. The molecule has 2 aromatic carbocycles. The minimum atomic E-state index is -3.69. The fourth-order valence-electron chi connectivity index (χ4n) is 1.68. The molecule has 5 heteroatoms. The van der Waals surface area contributed by atoms with Gasteiger partial charge in [-0.3, -0.25) is 0 Å². The Morgan fingerprint density at radius 2 is 1.56 bits per heavy atom. The number of hydrogen-bond acceptors (Lipinski definition) is 2. The second kappa shape index (κ2) is 5.63. The van der Waals surface area contributed by atoms with E-state index in [0.29, 0.717) is 12.2 Å². The van der Waals surface area contributed by atoms with Crippen molar-refractivity contribution in [2.75, 3.05) is 0 Å². The van der Waals surface area contributed by atoms with Gasteiger partial charge in [-0.15, -0.1) is 0 Å². The lowest BCUT2D eigenvalue weighted by Crippen LogP contribution is -1.96. The highest BCUT2D eigenvalue weighted by atomic mass is 32.5. The molecule has 0 saturated carbocycles. The molecule has 2 N–H and O–H groups in total. The van der Waals surface area contributed by atoms with Crippen LogP contribution >= 0.6 is 6.72 Å². The molecule has 0 heterocycles. The Bertz CT molecular complexity index is 565. The van der Waals surface area contributed by atoms with Crippen LogP contribution in [0.1, 0.15) is 11.1 Å². The van der Waals surface area contributed by atoms with Crippen molar-refractivity contribution in [3.8, 4) is 5.75 Å². The Kier molecular flexibility index (Phi) is 4.15. The third kappa shape index (κ3) is 3.93. The van der Waals surface area contributed by atoms with E-state index in [4.69, 9.17) is 4.52 Å². The number of rotatable bonds is 4. The van der Waals surface area contributed by atoms with Gasteiger partial charge in [0.2, 0.25) is 0 Å². The van der Waals surface area contributed by atoms with Crippen molar-refractivity contribution in [2.45, 2.75) is 6.42 Å². The summed E-state index contributed by atoms with van der Waals surface area (Å²) < 4.78 is 5.04. The van der Waals surface area contributed by atoms with Crippen molar-refractivity contribution in [1.29, 1.82) is 0 Å². The quantitative estimate of drug-likeness (QED) is 0.846. The molecule has 2 rings (SSSR count). The highest BCUT2D eigenvalue weighted by molar-refractivity contribution is 8.06. The number of para-hydroxylation sites is 1. The van der Waals surface area contributed by atoms with Crippen molar-refractivity contribution in [1.82, 2.24) is 0 Å². The maximum absolute atomic E-state index is 9.22. The lowest BCUT2D eigenvalue weighted by atomic mass is 10.0. The van der Waals surface area contributed by atoms with Crippen LogP contribution in [-0.4, -0.2) is 9.79 Å². The van der Waals surface area contributed by atoms with E-state index < -0.39 is 6.72 Å². The monoisotopic (exact) mass is 280 g/mol. The third-order valence-corrected chi connectivity index (χ3v) is 3.09. The molecule has 0 spiro atoms. The third-order valence-electron chi connectivity index (χ3n) is 2.43. The van der Waals surface area contributed by atoms with Crippen molar-refractivity contribution in [2.24, 2.45) is 0 Å². The first-order valence-corrected chi connectivity index (χ1v) is 8.04. The Balaban J connectivity index is 2.25. The molecule has 0 unspecified atom stereocenters. The first kappa shape index (κ1) is 13.2. The van der Waals surface area contributed by atoms with E-state index in [0.717, 1.165) is 11.1 Å². The summed E-state index contributed by atoms with van der Waals surface area (Å²) in [7, 11) is 0. The number of hydrogen-bond donors (Lipinski definition) is 2. The van der Waals surface area contributed by atoms with Gasteiger partial charge in [0, 0.05) is 18.2 Å². The van der Waals surface area contributed by atoms with Crippen LogP contribution in [0.4, 0.5) is 0 Å². The largest absolute Gasteiger partial charge is 0.424 e. The van der Waals surface area contributed by atoms with Crippen LogP contribution in [-0.2, 0) is 18.2 Å². The first-order valence-electron chi connectivity index (χ1n) is 5.41. The molecule has 2 aromatic rings. The van der Waals surface area contributed by atoms with Gasteiger partial charge in [-0.2, -0.15) is 0 Å². The topological polar surface area (TPSA) is 49.7 Å². The summed E-state index contributed by atoms with van der Waals surface area (Å²) in [5.41, 5.74) is 2.00. The summed E-state index contributed by atoms with van der Waals surface area (Å²) in [5.74, 6) is 0.426. The molecular formula is C13H13O3PS. The van der Waals surface area contributed by atoms with Crippen molar-refractivity contribution in [3.63, 3.8) is 0 Å². The summed E-state index contributed by atoms with van der Waals surface area (Å²) in [4.78, 5) is 18.4. The lowest BCUT2D eigenvalue weighted by Gasteiger charge is -2.13. The molecule has 0 aliphatic heterocycles. The van der Waals surface area contributed by atoms with E-state index in [9.17, 15) is 9.79 Å². The summed E-state index contributed by atoms with van der Waals surface area (Å²) in [6.07, 6.45) is 0.659. The smallest absolute Gasteiger partial charge is 0.375 e. The van der Waals surface area contributed by atoms with Gasteiger partial charge >= 0.3 is 6.72 Å². The highest BCUT2D eigenvalue weighted by Crippen LogP contribution is 2.39. The average Bonchev–Trinajstić information content (AvgIpc) is 2.31. The van der Waals surface area contributed by atoms with E-state index in [1.54, 1.807) is 12.1 Å². The maximum atomic E-state index is 9.22. The van der Waals surface area contributed by atoms with E-state index in [2.05, 4.69) is 11.8 Å². The van der Waals surface area contributed by atoms with Gasteiger partial charge in [-0.25, -0.2) is 0 Å². The van der Waals surface area contributed by atoms with Crippen LogP contribution in [0.25, 0.3) is 0 Å². The summed E-state index contributed by atoms with van der Waals surface area (Å²) in [5, 5.41) is 0. The van der Waals surface area contributed by atoms with Gasteiger partial charge < -0.3 is 14.3 Å². The summed E-state index contributed by atoms with van der Waals surface area (Å²) in [6.45, 7) is -3.69. The maximum Gasteiger partial charge on any atom is 0.375 e. The Morgan fingerprint density at radius 1 is 0.944 bits per heavy atom. The van der Waals surface area contributed by atoms with E-state index in [-0.39, 0.29) is 0 Å². The first-order chi connectivity index (χ1) is 8.54. The molecule has 0 fully saturated rings. The molecule has 94 valence electrons. The predicted molar refractivity (Wildman–Crippen MR) is 75.0 cm³/mol. The lowest BCUT2D eigenvalue weighted by molar-refractivity contribution is 0.369. The van der Waals surface area contributed by atoms with Crippen LogP contribution < -0.4 is 4.52 Å². The summed E-state index contributed by atoms with van der Waals surface area (Å²) in [6, 6.07) is 17.1. The zero-order valence-corrected chi connectivity index (χ0v) is 11.3. The molecule has 3 nitrogen and oxygen atoms in total. The molecular weight excluding hydrogens is 267 g/mol. The van der Waals surface area contributed by atoms with Gasteiger partial charge in [0.05, 0.1) is 0 Å². The zero-order chi connectivity index (χ0) is 13.0. The normalized spacial score (nSPS) is 11.2. The van der Waals surface area contributed by atoms with E-state index >= 15 is 0 Å². The van der Waals surface area contributed by atoms with Crippen LogP contribution in [0.15, 0.2) is 54.6 Å². The Labute approximate surface area is 111 Å². The SMILES string of the molecule is OP(O)(=S)Oc1ccccc1Cc1ccccc1. The highest BCUT2D eigenvalue weighted by Gasteiger charge is 2.13. The minimum Gasteiger partial charge on any atom is -0.424 e. The molecule has 0 atom stereocenters. The minimum absolute atomic E-state index is 0.426. The molecule has 18 heavy (non-hydrogen) atoms. The molecule has 0 saturated heterocycles. The molecule has 0 radical (unpaired) electrons. The van der Waals surface area contributed by atoms with E-state index in [1.807, 2.05) is 42.5 Å². The molecule has 0 aliphatic carbocycles. The van der Waals surface area contributed by atoms with Gasteiger partial charge in [-0.05, 0) is 17.2 Å². The number of benzene rings is 2. The van der Waals surface area contributed by atoms with Gasteiger partial charge in [0.1, 0.15) is 5.75 Å². The van der Waals surface area contributed by atoms with Crippen LogP contribution in [0.5, 0.6) is 5.75 Å². The molecule has 0 aliphatic rings.